The molecule has 146 valence electrons. The van der Waals surface area contributed by atoms with Crippen LogP contribution in [0.5, 0.6) is 17.2 Å². The third kappa shape index (κ3) is 4.04. The minimum absolute atomic E-state index is 0.294. The molecular weight excluding hydrogens is 382 g/mol. The number of hydrogen-bond donors (Lipinski definition) is 1. The number of rotatable bonds is 7. The van der Waals surface area contributed by atoms with Gasteiger partial charge in [-0.05, 0) is 23.8 Å². The van der Waals surface area contributed by atoms with Gasteiger partial charge in [-0.15, -0.1) is 0 Å². The van der Waals surface area contributed by atoms with Crippen molar-refractivity contribution in [3.8, 4) is 17.2 Å². The van der Waals surface area contributed by atoms with Crippen molar-refractivity contribution < 1.29 is 19.0 Å². The first kappa shape index (κ1) is 19.6. The fourth-order valence-electron chi connectivity index (χ4n) is 2.79. The van der Waals surface area contributed by atoms with Crippen LogP contribution >= 0.6 is 11.6 Å². The minimum Gasteiger partial charge on any atom is -0.493 e. The summed E-state index contributed by atoms with van der Waals surface area (Å²) < 4.78 is 17.6. The lowest BCUT2D eigenvalue weighted by molar-refractivity contribution is 0.102. The average Bonchev–Trinajstić information content (AvgIpc) is 3.15. The van der Waals surface area contributed by atoms with Gasteiger partial charge in [0.2, 0.25) is 5.75 Å². The summed E-state index contributed by atoms with van der Waals surface area (Å²) in [7, 11) is 4.47. The Morgan fingerprint density at radius 2 is 1.82 bits per heavy atom. The van der Waals surface area contributed by atoms with E-state index in [0.717, 1.165) is 5.56 Å². The van der Waals surface area contributed by atoms with Crippen molar-refractivity contribution in [2.75, 3.05) is 26.6 Å². The van der Waals surface area contributed by atoms with Crippen LogP contribution in [0.2, 0.25) is 5.02 Å². The number of hydrogen-bond acceptors (Lipinski definition) is 5. The largest absolute Gasteiger partial charge is 0.493 e. The van der Waals surface area contributed by atoms with E-state index >= 15 is 0 Å². The highest BCUT2D eigenvalue weighted by molar-refractivity contribution is 6.31. The van der Waals surface area contributed by atoms with Gasteiger partial charge in [0.05, 0.1) is 45.3 Å². The molecule has 7 nitrogen and oxygen atoms in total. The molecule has 3 aromatic rings. The van der Waals surface area contributed by atoms with Crippen LogP contribution < -0.4 is 19.5 Å². The lowest BCUT2D eigenvalue weighted by atomic mass is 10.1. The van der Waals surface area contributed by atoms with Gasteiger partial charge in [-0.2, -0.15) is 5.10 Å². The topological polar surface area (TPSA) is 74.6 Å². The summed E-state index contributed by atoms with van der Waals surface area (Å²) in [6.45, 7) is 0.495. The summed E-state index contributed by atoms with van der Waals surface area (Å²) in [5.74, 6) is 0.772. The summed E-state index contributed by atoms with van der Waals surface area (Å²) in [5, 5.41) is 7.75. The first-order valence-corrected chi connectivity index (χ1v) is 8.81. The Labute approximate surface area is 167 Å². The van der Waals surface area contributed by atoms with Crippen LogP contribution in [0.4, 0.5) is 5.69 Å². The number of halogens is 1. The number of aromatic nitrogens is 2. The van der Waals surface area contributed by atoms with E-state index in [9.17, 15) is 4.79 Å². The van der Waals surface area contributed by atoms with E-state index in [1.807, 2.05) is 24.3 Å². The van der Waals surface area contributed by atoms with Crippen LogP contribution in [-0.2, 0) is 6.54 Å². The molecule has 8 heteroatoms. The molecule has 0 saturated heterocycles. The maximum atomic E-state index is 12.7. The molecule has 1 heterocycles. The highest BCUT2D eigenvalue weighted by atomic mass is 35.5. The van der Waals surface area contributed by atoms with Crippen LogP contribution in [0.3, 0.4) is 0 Å². The SMILES string of the molecule is COc1ccc(C(=O)Nc2cnn(Cc3ccccc3Cl)c2)c(OC)c1OC. The molecule has 1 N–H and O–H groups in total. The number of benzene rings is 2. The van der Waals surface area contributed by atoms with Crippen molar-refractivity contribution in [2.24, 2.45) is 0 Å². The van der Waals surface area contributed by atoms with Gasteiger partial charge in [0.1, 0.15) is 0 Å². The van der Waals surface area contributed by atoms with Crippen LogP contribution in [-0.4, -0.2) is 37.0 Å². The minimum atomic E-state index is -0.352. The zero-order chi connectivity index (χ0) is 20.1. The zero-order valence-electron chi connectivity index (χ0n) is 15.7. The predicted octanol–water partition coefficient (Wildman–Crippen LogP) is 3.86. The first-order valence-electron chi connectivity index (χ1n) is 8.43. The van der Waals surface area contributed by atoms with E-state index in [0.29, 0.717) is 40.1 Å². The molecule has 0 atom stereocenters. The number of anilines is 1. The molecule has 0 fully saturated rings. The van der Waals surface area contributed by atoms with Crippen LogP contribution in [0.1, 0.15) is 15.9 Å². The normalized spacial score (nSPS) is 10.4. The Bertz CT molecular complexity index is 987. The van der Waals surface area contributed by atoms with Crippen molar-refractivity contribution in [3.63, 3.8) is 0 Å². The van der Waals surface area contributed by atoms with Crippen LogP contribution in [0.25, 0.3) is 0 Å². The van der Waals surface area contributed by atoms with Gasteiger partial charge in [0.15, 0.2) is 11.5 Å². The molecule has 1 amide bonds. The summed E-state index contributed by atoms with van der Waals surface area (Å²) in [6, 6.07) is 10.8. The summed E-state index contributed by atoms with van der Waals surface area (Å²) >= 11 is 6.19. The highest BCUT2D eigenvalue weighted by Crippen LogP contribution is 2.39. The number of carbonyl (C=O) groups is 1. The molecule has 0 radical (unpaired) electrons. The number of ether oxygens (including phenoxy) is 3. The Balaban J connectivity index is 1.79. The van der Waals surface area contributed by atoms with Crippen molar-refractivity contribution in [3.05, 3.63) is 64.9 Å². The van der Waals surface area contributed by atoms with E-state index in [-0.39, 0.29) is 5.91 Å². The third-order valence-electron chi connectivity index (χ3n) is 4.13. The van der Waals surface area contributed by atoms with Gasteiger partial charge >= 0.3 is 0 Å². The molecule has 1 aromatic heterocycles. The molecule has 3 rings (SSSR count). The molecule has 28 heavy (non-hydrogen) atoms. The zero-order valence-corrected chi connectivity index (χ0v) is 16.5. The van der Waals surface area contributed by atoms with Crippen molar-refractivity contribution >= 4 is 23.2 Å². The number of amides is 1. The molecule has 0 bridgehead atoms. The Morgan fingerprint density at radius 3 is 2.50 bits per heavy atom. The maximum absolute atomic E-state index is 12.7. The Kier molecular flexibility index (Phi) is 6.06. The Hall–Kier alpha value is -3.19. The third-order valence-corrected chi connectivity index (χ3v) is 4.50. The molecule has 0 aliphatic carbocycles. The monoisotopic (exact) mass is 401 g/mol. The van der Waals surface area contributed by atoms with E-state index in [2.05, 4.69) is 10.4 Å². The standard InChI is InChI=1S/C20H20ClN3O4/c1-26-17-9-8-15(18(27-2)19(17)28-3)20(25)23-14-10-22-24(12-14)11-13-6-4-5-7-16(13)21/h4-10,12H,11H2,1-3H3,(H,23,25). The lowest BCUT2D eigenvalue weighted by Crippen LogP contribution is -2.13. The van der Waals surface area contributed by atoms with Crippen LogP contribution in [0, 0.1) is 0 Å². The average molecular weight is 402 g/mol. The van der Waals surface area contributed by atoms with Crippen LogP contribution in [0.15, 0.2) is 48.8 Å². The summed E-state index contributed by atoms with van der Waals surface area (Å²) in [6.07, 6.45) is 3.30. The quantitative estimate of drug-likeness (QED) is 0.650. The molecule has 0 aliphatic heterocycles. The van der Waals surface area contributed by atoms with Gasteiger partial charge in [-0.25, -0.2) is 0 Å². The summed E-state index contributed by atoms with van der Waals surface area (Å²) in [5.41, 5.74) is 1.81. The summed E-state index contributed by atoms with van der Waals surface area (Å²) in [4.78, 5) is 12.7. The lowest BCUT2D eigenvalue weighted by Gasteiger charge is -2.15. The maximum Gasteiger partial charge on any atom is 0.259 e. The number of methoxy groups -OCH3 is 3. The fourth-order valence-corrected chi connectivity index (χ4v) is 2.99. The smallest absolute Gasteiger partial charge is 0.259 e. The second-order valence-corrected chi connectivity index (χ2v) is 6.26. The van der Waals surface area contributed by atoms with Gasteiger partial charge in [0, 0.05) is 11.2 Å². The van der Waals surface area contributed by atoms with Gasteiger partial charge in [0.25, 0.3) is 5.91 Å². The van der Waals surface area contributed by atoms with Gasteiger partial charge < -0.3 is 19.5 Å². The van der Waals surface area contributed by atoms with Crippen molar-refractivity contribution in [1.82, 2.24) is 9.78 Å². The first-order chi connectivity index (χ1) is 13.6. The molecule has 0 saturated carbocycles. The van der Waals surface area contributed by atoms with Gasteiger partial charge in [-0.1, -0.05) is 29.8 Å². The second-order valence-electron chi connectivity index (χ2n) is 5.85. The molecular formula is C20H20ClN3O4. The molecule has 0 unspecified atom stereocenters. The molecule has 0 aliphatic rings. The molecule has 2 aromatic carbocycles. The van der Waals surface area contributed by atoms with Gasteiger partial charge in [-0.3, -0.25) is 9.48 Å². The van der Waals surface area contributed by atoms with E-state index in [1.165, 1.54) is 21.3 Å². The predicted molar refractivity (Wildman–Crippen MR) is 107 cm³/mol. The molecule has 0 spiro atoms. The van der Waals surface area contributed by atoms with Crippen molar-refractivity contribution in [2.45, 2.75) is 6.54 Å². The van der Waals surface area contributed by atoms with E-state index in [1.54, 1.807) is 29.2 Å². The highest BCUT2D eigenvalue weighted by Gasteiger charge is 2.21. The number of carbonyl (C=O) groups excluding carboxylic acids is 1. The van der Waals surface area contributed by atoms with E-state index in [4.69, 9.17) is 25.8 Å². The second kappa shape index (κ2) is 8.67. The number of nitrogens with zero attached hydrogens (tertiary/aromatic N) is 2. The number of nitrogens with one attached hydrogen (secondary N) is 1. The Morgan fingerprint density at radius 1 is 1.07 bits per heavy atom. The van der Waals surface area contributed by atoms with E-state index < -0.39 is 0 Å². The van der Waals surface area contributed by atoms with Crippen molar-refractivity contribution in [1.29, 1.82) is 0 Å². The fraction of sp³-hybridized carbons (Fsp3) is 0.200.